The fourth-order valence-corrected chi connectivity index (χ4v) is 2.23. The predicted octanol–water partition coefficient (Wildman–Crippen LogP) is 2.63. The van der Waals surface area contributed by atoms with E-state index in [1.54, 1.807) is 13.1 Å². The van der Waals surface area contributed by atoms with E-state index in [4.69, 9.17) is 11.6 Å². The molecular weight excluding hydrogens is 288 g/mol. The summed E-state index contributed by atoms with van der Waals surface area (Å²) in [5.74, 6) is -0.514. The maximum atomic E-state index is 12.1. The summed E-state index contributed by atoms with van der Waals surface area (Å²) in [5, 5.41) is 5.86. The molecule has 1 unspecified atom stereocenters. The molecule has 0 saturated carbocycles. The third-order valence-corrected chi connectivity index (χ3v) is 3.47. The molecule has 0 bridgehead atoms. The van der Waals surface area contributed by atoms with Gasteiger partial charge in [0.05, 0.1) is 0 Å². The van der Waals surface area contributed by atoms with Crippen molar-refractivity contribution in [2.24, 2.45) is 5.92 Å². The summed E-state index contributed by atoms with van der Waals surface area (Å²) < 4.78 is 0. The number of hydrogen-bond donors (Lipinski definition) is 2. The van der Waals surface area contributed by atoms with Gasteiger partial charge in [0.15, 0.2) is 0 Å². The average molecular weight is 309 g/mol. The number of carbonyl (C=O) groups is 2. The molecule has 21 heavy (non-hydrogen) atoms. The van der Waals surface area contributed by atoms with Crippen molar-refractivity contribution in [3.05, 3.63) is 40.9 Å². The molecule has 1 atom stereocenters. The van der Waals surface area contributed by atoms with E-state index in [0.717, 1.165) is 11.1 Å². The van der Waals surface area contributed by atoms with Gasteiger partial charge in [-0.3, -0.25) is 9.59 Å². The molecule has 5 heteroatoms. The summed E-state index contributed by atoms with van der Waals surface area (Å²) in [4.78, 5) is 23.8. The number of carbonyl (C=O) groups excluding carboxylic acids is 2. The Morgan fingerprint density at radius 2 is 1.86 bits per heavy atom. The van der Waals surface area contributed by atoms with Crippen LogP contribution in [0.15, 0.2) is 30.3 Å². The topological polar surface area (TPSA) is 58.2 Å². The summed E-state index contributed by atoms with van der Waals surface area (Å²) in [6.07, 6.45) is 1.46. The Bertz CT molecular complexity index is 553. The first-order chi connectivity index (χ1) is 9.86. The molecular formula is C16H21ClN2O2. The molecule has 1 aromatic rings. The first-order valence-electron chi connectivity index (χ1n) is 6.82. The number of halogens is 1. The van der Waals surface area contributed by atoms with Crippen molar-refractivity contribution in [1.29, 1.82) is 0 Å². The van der Waals surface area contributed by atoms with Crippen molar-refractivity contribution in [2.45, 2.75) is 26.8 Å². The average Bonchev–Trinajstić information content (AvgIpc) is 2.44. The minimum atomic E-state index is -0.558. The molecule has 0 aliphatic heterocycles. The van der Waals surface area contributed by atoms with E-state index in [-0.39, 0.29) is 17.7 Å². The van der Waals surface area contributed by atoms with Crippen molar-refractivity contribution in [3.8, 4) is 0 Å². The maximum Gasteiger partial charge on any atom is 0.244 e. The highest BCUT2D eigenvalue weighted by Crippen LogP contribution is 2.22. The summed E-state index contributed by atoms with van der Waals surface area (Å²) in [7, 11) is 1.55. The van der Waals surface area contributed by atoms with Gasteiger partial charge in [0.1, 0.15) is 6.04 Å². The number of amides is 2. The molecule has 1 aromatic carbocycles. The molecule has 0 saturated heterocycles. The number of hydrogen-bond acceptors (Lipinski definition) is 2. The number of likely N-dealkylation sites (N-methyl/N-ethyl adjacent to an activating group) is 1. The van der Waals surface area contributed by atoms with Gasteiger partial charge in [0.2, 0.25) is 11.8 Å². The fourth-order valence-electron chi connectivity index (χ4n) is 1.94. The van der Waals surface area contributed by atoms with Crippen molar-refractivity contribution in [1.82, 2.24) is 10.6 Å². The Labute approximate surface area is 130 Å². The van der Waals surface area contributed by atoms with Crippen LogP contribution in [-0.2, 0) is 9.59 Å². The lowest BCUT2D eigenvalue weighted by Gasteiger charge is -2.20. The molecule has 2 amide bonds. The lowest BCUT2D eigenvalue weighted by molar-refractivity contribution is -0.127. The smallest absolute Gasteiger partial charge is 0.244 e. The first kappa shape index (κ1) is 17.2. The summed E-state index contributed by atoms with van der Waals surface area (Å²) >= 11 is 6.09. The van der Waals surface area contributed by atoms with E-state index in [1.807, 2.05) is 39.0 Å². The largest absolute Gasteiger partial charge is 0.357 e. The number of benzene rings is 1. The Hall–Kier alpha value is -1.81. The highest BCUT2D eigenvalue weighted by molar-refractivity contribution is 6.32. The summed E-state index contributed by atoms with van der Waals surface area (Å²) in [5.41, 5.74) is 1.55. The highest BCUT2D eigenvalue weighted by atomic mass is 35.5. The molecule has 0 aliphatic carbocycles. The van der Waals surface area contributed by atoms with E-state index in [2.05, 4.69) is 10.6 Å². The SMILES string of the molecule is CNC(=O)C(NC(=O)/C=C(\C)c1ccccc1Cl)C(C)C. The van der Waals surface area contributed by atoms with Crippen LogP contribution in [-0.4, -0.2) is 24.9 Å². The highest BCUT2D eigenvalue weighted by Gasteiger charge is 2.22. The van der Waals surface area contributed by atoms with Gasteiger partial charge in [-0.05, 0) is 30.0 Å². The van der Waals surface area contributed by atoms with Gasteiger partial charge in [-0.2, -0.15) is 0 Å². The number of allylic oxidation sites excluding steroid dienone is 1. The van der Waals surface area contributed by atoms with Gasteiger partial charge in [0, 0.05) is 18.1 Å². The monoisotopic (exact) mass is 308 g/mol. The van der Waals surface area contributed by atoms with Gasteiger partial charge in [-0.25, -0.2) is 0 Å². The fraction of sp³-hybridized carbons (Fsp3) is 0.375. The van der Waals surface area contributed by atoms with Crippen molar-refractivity contribution >= 4 is 29.0 Å². The molecule has 0 aliphatic rings. The molecule has 0 radical (unpaired) electrons. The van der Waals surface area contributed by atoms with Crippen LogP contribution in [0, 0.1) is 5.92 Å². The van der Waals surface area contributed by atoms with E-state index in [1.165, 1.54) is 6.08 Å². The van der Waals surface area contributed by atoms with Crippen molar-refractivity contribution in [2.75, 3.05) is 7.05 Å². The number of rotatable bonds is 5. The van der Waals surface area contributed by atoms with E-state index in [0.29, 0.717) is 5.02 Å². The minimum Gasteiger partial charge on any atom is -0.357 e. The van der Waals surface area contributed by atoms with Gasteiger partial charge in [0.25, 0.3) is 0 Å². The standard InChI is InChI=1S/C16H21ClN2O2/c1-10(2)15(16(21)18-4)19-14(20)9-11(3)12-7-5-6-8-13(12)17/h5-10,15H,1-4H3,(H,18,21)(H,19,20)/b11-9+. The van der Waals surface area contributed by atoms with Crippen LogP contribution in [0.2, 0.25) is 5.02 Å². The van der Waals surface area contributed by atoms with Crippen molar-refractivity contribution in [3.63, 3.8) is 0 Å². The van der Waals surface area contributed by atoms with Gasteiger partial charge in [-0.15, -0.1) is 0 Å². The molecule has 114 valence electrons. The molecule has 4 nitrogen and oxygen atoms in total. The molecule has 1 rings (SSSR count). The van der Waals surface area contributed by atoms with Gasteiger partial charge >= 0.3 is 0 Å². The lowest BCUT2D eigenvalue weighted by atomic mass is 10.0. The Balaban J connectivity index is 2.87. The lowest BCUT2D eigenvalue weighted by Crippen LogP contribution is -2.48. The van der Waals surface area contributed by atoms with E-state index >= 15 is 0 Å². The van der Waals surface area contributed by atoms with Gasteiger partial charge in [-0.1, -0.05) is 43.6 Å². The van der Waals surface area contributed by atoms with Crippen LogP contribution in [0.5, 0.6) is 0 Å². The van der Waals surface area contributed by atoms with Crippen molar-refractivity contribution < 1.29 is 9.59 Å². The Kier molecular flexibility index (Phi) is 6.43. The van der Waals surface area contributed by atoms with Gasteiger partial charge < -0.3 is 10.6 Å². The normalized spacial score (nSPS) is 13.0. The Morgan fingerprint density at radius 3 is 2.38 bits per heavy atom. The summed E-state index contributed by atoms with van der Waals surface area (Å²) in [6.45, 7) is 5.57. The molecule has 2 N–H and O–H groups in total. The zero-order chi connectivity index (χ0) is 16.0. The number of nitrogens with one attached hydrogen (secondary N) is 2. The van der Waals surface area contributed by atoms with Crippen LogP contribution in [0.4, 0.5) is 0 Å². The molecule has 0 aromatic heterocycles. The summed E-state index contributed by atoms with van der Waals surface area (Å²) in [6, 6.07) is 6.75. The van der Waals surface area contributed by atoms with E-state index < -0.39 is 6.04 Å². The van der Waals surface area contributed by atoms with E-state index in [9.17, 15) is 9.59 Å². The first-order valence-corrected chi connectivity index (χ1v) is 7.20. The second kappa shape index (κ2) is 7.84. The van der Waals surface area contributed by atoms with Crippen LogP contribution >= 0.6 is 11.6 Å². The predicted molar refractivity (Wildman–Crippen MR) is 85.9 cm³/mol. The van der Waals surface area contributed by atoms with Crippen LogP contribution in [0.3, 0.4) is 0 Å². The molecule has 0 fully saturated rings. The van der Waals surface area contributed by atoms with Crippen LogP contribution in [0.25, 0.3) is 5.57 Å². The maximum absolute atomic E-state index is 12.1. The zero-order valence-corrected chi connectivity index (χ0v) is 13.5. The third kappa shape index (κ3) is 4.90. The third-order valence-electron chi connectivity index (χ3n) is 3.14. The second-order valence-electron chi connectivity index (χ2n) is 5.15. The molecule has 0 spiro atoms. The van der Waals surface area contributed by atoms with Crippen LogP contribution < -0.4 is 10.6 Å². The quantitative estimate of drug-likeness (QED) is 0.822. The second-order valence-corrected chi connectivity index (χ2v) is 5.56. The van der Waals surface area contributed by atoms with Crippen LogP contribution in [0.1, 0.15) is 26.3 Å². The minimum absolute atomic E-state index is 0.00270. The molecule has 0 heterocycles. The Morgan fingerprint density at radius 1 is 1.24 bits per heavy atom. The zero-order valence-electron chi connectivity index (χ0n) is 12.7.